The molecule has 2 N–H and O–H groups in total. The summed E-state index contributed by atoms with van der Waals surface area (Å²) in [6.45, 7) is 1.90. The molecule has 1 unspecified atom stereocenters. The molecule has 0 spiro atoms. The first-order valence-electron chi connectivity index (χ1n) is 6.28. The molecule has 0 saturated carbocycles. The summed E-state index contributed by atoms with van der Waals surface area (Å²) in [5, 5.41) is 0. The predicted octanol–water partition coefficient (Wildman–Crippen LogP) is 3.47. The van der Waals surface area contributed by atoms with E-state index in [1.165, 1.54) is 6.07 Å². The fourth-order valence-electron chi connectivity index (χ4n) is 2.30. The molecule has 1 amide bonds. The number of halogens is 1. The van der Waals surface area contributed by atoms with Crippen molar-refractivity contribution in [1.29, 1.82) is 0 Å². The molecule has 2 aromatic carbocycles. The maximum absolute atomic E-state index is 13.9. The van der Waals surface area contributed by atoms with Crippen LogP contribution in [-0.4, -0.2) is 5.91 Å². The molecule has 2 nitrogen and oxygen atoms in total. The lowest BCUT2D eigenvalue weighted by molar-refractivity contribution is -0.119. The first kappa shape index (κ1) is 13.3. The van der Waals surface area contributed by atoms with Crippen LogP contribution in [0.4, 0.5) is 4.39 Å². The monoisotopic (exact) mass is 257 g/mol. The molecule has 3 heteroatoms. The Morgan fingerprint density at radius 1 is 1.11 bits per heavy atom. The van der Waals surface area contributed by atoms with E-state index in [0.29, 0.717) is 12.0 Å². The number of carbonyl (C=O) groups is 1. The van der Waals surface area contributed by atoms with Crippen LogP contribution in [0.2, 0.25) is 0 Å². The van der Waals surface area contributed by atoms with Crippen molar-refractivity contribution < 1.29 is 9.18 Å². The van der Waals surface area contributed by atoms with E-state index in [1.54, 1.807) is 18.2 Å². The van der Waals surface area contributed by atoms with Gasteiger partial charge in [-0.2, -0.15) is 0 Å². The third kappa shape index (κ3) is 2.65. The summed E-state index contributed by atoms with van der Waals surface area (Å²) in [6, 6.07) is 13.9. The van der Waals surface area contributed by atoms with E-state index in [2.05, 4.69) is 0 Å². The quantitative estimate of drug-likeness (QED) is 0.895. The van der Waals surface area contributed by atoms with Crippen LogP contribution < -0.4 is 5.73 Å². The Balaban J connectivity index is 2.59. The van der Waals surface area contributed by atoms with Gasteiger partial charge in [-0.15, -0.1) is 0 Å². The summed E-state index contributed by atoms with van der Waals surface area (Å²) >= 11 is 0. The zero-order valence-corrected chi connectivity index (χ0v) is 10.8. The molecule has 19 heavy (non-hydrogen) atoms. The van der Waals surface area contributed by atoms with Crippen LogP contribution in [0.1, 0.15) is 24.8 Å². The first-order chi connectivity index (χ1) is 9.15. The Kier molecular flexibility index (Phi) is 3.95. The van der Waals surface area contributed by atoms with E-state index in [4.69, 9.17) is 5.73 Å². The number of rotatable bonds is 4. The number of hydrogen-bond acceptors (Lipinski definition) is 1. The Bertz CT molecular complexity index is 595. The highest BCUT2D eigenvalue weighted by Crippen LogP contribution is 2.32. The van der Waals surface area contributed by atoms with Crippen molar-refractivity contribution in [3.05, 3.63) is 59.9 Å². The van der Waals surface area contributed by atoms with Crippen molar-refractivity contribution in [2.24, 2.45) is 5.73 Å². The van der Waals surface area contributed by atoms with Crippen molar-refractivity contribution in [2.75, 3.05) is 0 Å². The second-order valence-electron chi connectivity index (χ2n) is 4.43. The van der Waals surface area contributed by atoms with Gasteiger partial charge in [0.2, 0.25) is 5.91 Å². The van der Waals surface area contributed by atoms with E-state index in [1.807, 2.05) is 31.2 Å². The maximum atomic E-state index is 13.9. The van der Waals surface area contributed by atoms with Gasteiger partial charge < -0.3 is 5.73 Å². The van der Waals surface area contributed by atoms with E-state index in [0.717, 1.165) is 11.1 Å². The van der Waals surface area contributed by atoms with E-state index in [9.17, 15) is 9.18 Å². The Morgan fingerprint density at radius 2 is 1.68 bits per heavy atom. The van der Waals surface area contributed by atoms with E-state index < -0.39 is 5.92 Å². The first-order valence-corrected chi connectivity index (χ1v) is 6.28. The largest absolute Gasteiger partial charge is 0.369 e. The molecule has 98 valence electrons. The Labute approximate surface area is 112 Å². The predicted molar refractivity (Wildman–Crippen MR) is 74.1 cm³/mol. The lowest BCUT2D eigenvalue weighted by atomic mass is 9.88. The molecule has 0 fully saturated rings. The third-order valence-corrected chi connectivity index (χ3v) is 3.25. The maximum Gasteiger partial charge on any atom is 0.224 e. The van der Waals surface area contributed by atoms with Crippen LogP contribution in [0.3, 0.4) is 0 Å². The minimum absolute atomic E-state index is 0.297. The van der Waals surface area contributed by atoms with Gasteiger partial charge in [-0.1, -0.05) is 49.4 Å². The average Bonchev–Trinajstić information content (AvgIpc) is 2.40. The molecule has 1 atom stereocenters. The second kappa shape index (κ2) is 5.65. The van der Waals surface area contributed by atoms with Crippen LogP contribution in [0.25, 0.3) is 11.1 Å². The molecular weight excluding hydrogens is 241 g/mol. The highest BCUT2D eigenvalue weighted by atomic mass is 19.1. The van der Waals surface area contributed by atoms with Crippen molar-refractivity contribution >= 4 is 5.91 Å². The van der Waals surface area contributed by atoms with Gasteiger partial charge in [0.25, 0.3) is 0 Å². The molecule has 0 heterocycles. The lowest BCUT2D eigenvalue weighted by Gasteiger charge is -2.16. The molecule has 0 aromatic heterocycles. The standard InChI is InChI=1S/C16H16FNO/c1-2-11(16(18)19)12-7-3-4-8-13(12)14-9-5-6-10-15(14)17/h3-11H,2H2,1H3,(H2,18,19). The minimum atomic E-state index is -0.393. The summed E-state index contributed by atoms with van der Waals surface area (Å²) < 4.78 is 13.9. The fourth-order valence-corrected chi connectivity index (χ4v) is 2.30. The summed E-state index contributed by atoms with van der Waals surface area (Å²) in [5.74, 6) is -1.07. The molecular formula is C16H16FNO. The SMILES string of the molecule is CCC(C(N)=O)c1ccccc1-c1ccccc1F. The topological polar surface area (TPSA) is 43.1 Å². The average molecular weight is 257 g/mol. The van der Waals surface area contributed by atoms with Crippen molar-refractivity contribution in [1.82, 2.24) is 0 Å². The molecule has 0 radical (unpaired) electrons. The number of amides is 1. The van der Waals surface area contributed by atoms with Gasteiger partial charge in [-0.3, -0.25) is 4.79 Å². The Morgan fingerprint density at radius 3 is 2.26 bits per heavy atom. The molecule has 0 aliphatic rings. The van der Waals surface area contributed by atoms with Crippen LogP contribution in [0.15, 0.2) is 48.5 Å². The van der Waals surface area contributed by atoms with Crippen molar-refractivity contribution in [2.45, 2.75) is 19.3 Å². The van der Waals surface area contributed by atoms with Crippen LogP contribution in [0, 0.1) is 5.82 Å². The number of nitrogens with two attached hydrogens (primary N) is 1. The summed E-state index contributed by atoms with van der Waals surface area (Å²) in [7, 11) is 0. The van der Waals surface area contributed by atoms with Crippen LogP contribution in [0.5, 0.6) is 0 Å². The number of primary amides is 1. The Hall–Kier alpha value is -2.16. The summed E-state index contributed by atoms with van der Waals surface area (Å²) in [4.78, 5) is 11.5. The highest BCUT2D eigenvalue weighted by molar-refractivity contribution is 5.85. The number of hydrogen-bond donors (Lipinski definition) is 1. The van der Waals surface area contributed by atoms with Crippen LogP contribution in [-0.2, 0) is 4.79 Å². The summed E-state index contributed by atoms with van der Waals surface area (Å²) in [5.41, 5.74) is 7.44. The van der Waals surface area contributed by atoms with Gasteiger partial charge in [-0.05, 0) is 23.6 Å². The third-order valence-electron chi connectivity index (χ3n) is 3.25. The van der Waals surface area contributed by atoms with Crippen LogP contribution >= 0.6 is 0 Å². The minimum Gasteiger partial charge on any atom is -0.369 e. The number of benzene rings is 2. The highest BCUT2D eigenvalue weighted by Gasteiger charge is 2.20. The number of carbonyl (C=O) groups excluding carboxylic acids is 1. The molecule has 0 bridgehead atoms. The van der Waals surface area contributed by atoms with Gasteiger partial charge in [-0.25, -0.2) is 4.39 Å². The zero-order chi connectivity index (χ0) is 13.8. The molecule has 2 aromatic rings. The molecule has 0 aliphatic carbocycles. The van der Waals surface area contributed by atoms with Gasteiger partial charge >= 0.3 is 0 Å². The van der Waals surface area contributed by atoms with Crippen molar-refractivity contribution in [3.8, 4) is 11.1 Å². The van der Waals surface area contributed by atoms with E-state index in [-0.39, 0.29) is 11.7 Å². The molecule has 0 aliphatic heterocycles. The van der Waals surface area contributed by atoms with Gasteiger partial charge in [0, 0.05) is 5.56 Å². The van der Waals surface area contributed by atoms with Gasteiger partial charge in [0.15, 0.2) is 0 Å². The molecule has 0 saturated heterocycles. The smallest absolute Gasteiger partial charge is 0.224 e. The fraction of sp³-hybridized carbons (Fsp3) is 0.188. The van der Waals surface area contributed by atoms with E-state index >= 15 is 0 Å². The van der Waals surface area contributed by atoms with Crippen molar-refractivity contribution in [3.63, 3.8) is 0 Å². The lowest BCUT2D eigenvalue weighted by Crippen LogP contribution is -2.21. The second-order valence-corrected chi connectivity index (χ2v) is 4.43. The zero-order valence-electron chi connectivity index (χ0n) is 10.8. The van der Waals surface area contributed by atoms with Gasteiger partial charge in [0.1, 0.15) is 5.82 Å². The van der Waals surface area contributed by atoms with Gasteiger partial charge in [0.05, 0.1) is 5.92 Å². The molecule has 2 rings (SSSR count). The normalized spacial score (nSPS) is 12.1. The summed E-state index contributed by atoms with van der Waals surface area (Å²) in [6.07, 6.45) is 0.598.